The van der Waals surface area contributed by atoms with Crippen molar-refractivity contribution in [2.75, 3.05) is 19.8 Å². The number of aliphatic hydroxyl groups is 1. The van der Waals surface area contributed by atoms with E-state index in [1.54, 1.807) is 0 Å². The molecule has 0 aromatic carbocycles. The van der Waals surface area contributed by atoms with Gasteiger partial charge in [-0.3, -0.25) is 0 Å². The lowest BCUT2D eigenvalue weighted by molar-refractivity contribution is -0.0273. The Hall–Kier alpha value is -0.220. The molecule has 0 bridgehead atoms. The zero-order valence-corrected chi connectivity index (χ0v) is 6.88. The van der Waals surface area contributed by atoms with Gasteiger partial charge in [0.05, 0.1) is 6.61 Å². The summed E-state index contributed by atoms with van der Waals surface area (Å²) >= 11 is 0. The third kappa shape index (κ3) is 2.68. The predicted molar refractivity (Wildman–Crippen MR) is 40.1 cm³/mol. The van der Waals surface area contributed by atoms with E-state index in [4.69, 9.17) is 9.84 Å². The van der Waals surface area contributed by atoms with E-state index in [9.17, 15) is 8.78 Å². The van der Waals surface area contributed by atoms with Gasteiger partial charge in [0, 0.05) is 25.6 Å². The Morgan fingerprint density at radius 2 is 2.17 bits per heavy atom. The molecule has 1 fully saturated rings. The second-order valence-corrected chi connectivity index (χ2v) is 3.19. The fourth-order valence-corrected chi connectivity index (χ4v) is 1.58. The highest BCUT2D eigenvalue weighted by Crippen LogP contribution is 2.26. The predicted octanol–water partition coefficient (Wildman–Crippen LogP) is 1.29. The molecule has 72 valence electrons. The number of rotatable bonds is 3. The van der Waals surface area contributed by atoms with Gasteiger partial charge in [0.25, 0.3) is 0 Å². The molecule has 1 aliphatic rings. The van der Waals surface area contributed by atoms with E-state index in [-0.39, 0.29) is 24.9 Å². The lowest BCUT2D eigenvalue weighted by atomic mass is 9.86. The first-order valence-electron chi connectivity index (χ1n) is 4.20. The fourth-order valence-electron chi connectivity index (χ4n) is 1.58. The van der Waals surface area contributed by atoms with Crippen molar-refractivity contribution in [3.63, 3.8) is 0 Å². The molecule has 0 saturated carbocycles. The maximum atomic E-state index is 12.0. The zero-order valence-electron chi connectivity index (χ0n) is 6.88. The minimum atomic E-state index is -2.26. The van der Waals surface area contributed by atoms with Crippen molar-refractivity contribution in [1.82, 2.24) is 0 Å². The van der Waals surface area contributed by atoms with E-state index in [1.807, 2.05) is 0 Å². The average molecular weight is 180 g/mol. The summed E-state index contributed by atoms with van der Waals surface area (Å²) in [6.07, 6.45) is -1.72. The van der Waals surface area contributed by atoms with E-state index in [2.05, 4.69) is 0 Å². The quantitative estimate of drug-likeness (QED) is 0.709. The minimum Gasteiger partial charge on any atom is -0.396 e. The van der Waals surface area contributed by atoms with Crippen LogP contribution in [0.15, 0.2) is 0 Å². The summed E-state index contributed by atoms with van der Waals surface area (Å²) in [4.78, 5) is 0. The lowest BCUT2D eigenvalue weighted by Gasteiger charge is -2.29. The fraction of sp³-hybridized carbons (Fsp3) is 1.00. The van der Waals surface area contributed by atoms with Gasteiger partial charge < -0.3 is 9.84 Å². The molecular weight excluding hydrogens is 166 g/mol. The molecule has 0 aromatic heterocycles. The largest absolute Gasteiger partial charge is 0.396 e. The molecule has 12 heavy (non-hydrogen) atoms. The number of hydrogen-bond donors (Lipinski definition) is 1. The minimum absolute atomic E-state index is 0.0443. The van der Waals surface area contributed by atoms with Crippen LogP contribution in [0.25, 0.3) is 0 Å². The highest BCUT2D eigenvalue weighted by Gasteiger charge is 2.27. The van der Waals surface area contributed by atoms with Crippen LogP contribution in [0, 0.1) is 11.8 Å². The first-order valence-corrected chi connectivity index (χ1v) is 4.20. The Labute approximate surface area is 70.5 Å². The topological polar surface area (TPSA) is 29.5 Å². The first-order chi connectivity index (χ1) is 5.74. The van der Waals surface area contributed by atoms with Crippen LogP contribution in [-0.4, -0.2) is 31.4 Å². The normalized spacial score (nSPS) is 31.0. The summed E-state index contributed by atoms with van der Waals surface area (Å²) in [5.41, 5.74) is 0. The molecule has 1 heterocycles. The summed E-state index contributed by atoms with van der Waals surface area (Å²) in [6.45, 7) is 0.930. The van der Waals surface area contributed by atoms with Crippen LogP contribution in [-0.2, 0) is 4.74 Å². The second kappa shape index (κ2) is 4.72. The van der Waals surface area contributed by atoms with Crippen LogP contribution in [0.2, 0.25) is 0 Å². The van der Waals surface area contributed by atoms with E-state index < -0.39 is 6.43 Å². The summed E-state index contributed by atoms with van der Waals surface area (Å²) in [6, 6.07) is 0. The molecule has 0 aromatic rings. The van der Waals surface area contributed by atoms with E-state index in [0.29, 0.717) is 19.6 Å². The standard InChI is InChI=1S/C8H14F2O2/c9-8(10)3-6-1-2-12-5-7(6)4-11/h6-8,11H,1-5H2. The maximum Gasteiger partial charge on any atom is 0.238 e. The molecule has 0 amide bonds. The second-order valence-electron chi connectivity index (χ2n) is 3.19. The summed E-state index contributed by atoms with van der Waals surface area (Å²) in [5, 5.41) is 8.85. The van der Waals surface area contributed by atoms with Gasteiger partial charge in [0.2, 0.25) is 6.43 Å². The SMILES string of the molecule is OCC1COCCC1CC(F)F. The van der Waals surface area contributed by atoms with Gasteiger partial charge >= 0.3 is 0 Å². The molecule has 1 rings (SSSR count). The Bertz CT molecular complexity index is 130. The van der Waals surface area contributed by atoms with Crippen LogP contribution in [0.3, 0.4) is 0 Å². The van der Waals surface area contributed by atoms with Crippen molar-refractivity contribution in [3.8, 4) is 0 Å². The van der Waals surface area contributed by atoms with Crippen molar-refractivity contribution in [1.29, 1.82) is 0 Å². The number of halogens is 2. The van der Waals surface area contributed by atoms with Crippen molar-refractivity contribution in [2.24, 2.45) is 11.8 Å². The number of aliphatic hydroxyl groups excluding tert-OH is 1. The van der Waals surface area contributed by atoms with E-state index in [1.165, 1.54) is 0 Å². The average Bonchev–Trinajstić information content (AvgIpc) is 2.04. The first kappa shape index (κ1) is 9.86. The van der Waals surface area contributed by atoms with Gasteiger partial charge in [-0.15, -0.1) is 0 Å². The van der Waals surface area contributed by atoms with Gasteiger partial charge in [-0.25, -0.2) is 8.78 Å². The van der Waals surface area contributed by atoms with Crippen LogP contribution in [0.4, 0.5) is 8.78 Å². The highest BCUT2D eigenvalue weighted by atomic mass is 19.3. The number of alkyl halides is 2. The van der Waals surface area contributed by atoms with Gasteiger partial charge in [-0.2, -0.15) is 0 Å². The van der Waals surface area contributed by atoms with Crippen LogP contribution in [0.1, 0.15) is 12.8 Å². The van der Waals surface area contributed by atoms with Crippen LogP contribution in [0.5, 0.6) is 0 Å². The molecule has 1 saturated heterocycles. The Kier molecular flexibility index (Phi) is 3.88. The van der Waals surface area contributed by atoms with Gasteiger partial charge in [-0.05, 0) is 12.3 Å². The molecule has 1 N–H and O–H groups in total. The van der Waals surface area contributed by atoms with Crippen LogP contribution < -0.4 is 0 Å². The van der Waals surface area contributed by atoms with Gasteiger partial charge in [0.1, 0.15) is 0 Å². The molecule has 0 aliphatic carbocycles. The third-order valence-electron chi connectivity index (χ3n) is 2.35. The highest BCUT2D eigenvalue weighted by molar-refractivity contribution is 4.73. The van der Waals surface area contributed by atoms with Crippen molar-refractivity contribution >= 4 is 0 Å². The molecule has 2 nitrogen and oxygen atoms in total. The number of hydrogen-bond acceptors (Lipinski definition) is 2. The van der Waals surface area contributed by atoms with Gasteiger partial charge in [0.15, 0.2) is 0 Å². The molecule has 1 aliphatic heterocycles. The Balaban J connectivity index is 2.36. The third-order valence-corrected chi connectivity index (χ3v) is 2.35. The van der Waals surface area contributed by atoms with Gasteiger partial charge in [-0.1, -0.05) is 0 Å². The lowest BCUT2D eigenvalue weighted by Crippen LogP contribution is -2.31. The summed E-state index contributed by atoms with van der Waals surface area (Å²) in [5.74, 6) is -0.156. The molecule has 0 spiro atoms. The van der Waals surface area contributed by atoms with Crippen molar-refractivity contribution in [3.05, 3.63) is 0 Å². The molecular formula is C8H14F2O2. The van der Waals surface area contributed by atoms with Crippen molar-refractivity contribution < 1.29 is 18.6 Å². The smallest absolute Gasteiger partial charge is 0.238 e. The van der Waals surface area contributed by atoms with Crippen molar-refractivity contribution in [2.45, 2.75) is 19.3 Å². The zero-order chi connectivity index (χ0) is 8.97. The molecule has 0 radical (unpaired) electrons. The molecule has 4 heteroatoms. The summed E-state index contributed by atoms with van der Waals surface area (Å²) < 4.78 is 29.1. The van der Waals surface area contributed by atoms with E-state index >= 15 is 0 Å². The van der Waals surface area contributed by atoms with Crippen LogP contribution >= 0.6 is 0 Å². The number of ether oxygens (including phenoxy) is 1. The Morgan fingerprint density at radius 1 is 1.42 bits per heavy atom. The molecule has 2 unspecified atom stereocenters. The maximum absolute atomic E-state index is 12.0. The summed E-state index contributed by atoms with van der Waals surface area (Å²) in [7, 11) is 0. The van der Waals surface area contributed by atoms with E-state index in [0.717, 1.165) is 0 Å². The Morgan fingerprint density at radius 3 is 2.75 bits per heavy atom. The molecule has 2 atom stereocenters. The monoisotopic (exact) mass is 180 g/mol.